The Balaban J connectivity index is 1.54. The Morgan fingerprint density at radius 1 is 1.15 bits per heavy atom. The van der Waals surface area contributed by atoms with E-state index in [-0.39, 0.29) is 30.3 Å². The predicted molar refractivity (Wildman–Crippen MR) is 101 cm³/mol. The third-order valence-electron chi connectivity index (χ3n) is 3.49. The van der Waals surface area contributed by atoms with Gasteiger partial charge in [-0.05, 0) is 24.3 Å². The van der Waals surface area contributed by atoms with Crippen LogP contribution in [0.15, 0.2) is 36.7 Å². The number of carboxylic acids is 1. The Labute approximate surface area is 162 Å². The van der Waals surface area contributed by atoms with Crippen molar-refractivity contribution in [1.29, 1.82) is 0 Å². The van der Waals surface area contributed by atoms with E-state index in [4.69, 9.17) is 16.7 Å². The van der Waals surface area contributed by atoms with Gasteiger partial charge >= 0.3 is 5.97 Å². The number of anilines is 1. The van der Waals surface area contributed by atoms with Crippen molar-refractivity contribution >= 4 is 56.1 Å². The number of hydrogen-bond acceptors (Lipinski definition) is 6. The molecule has 0 fully saturated rings. The second-order valence-electron chi connectivity index (χ2n) is 5.45. The highest BCUT2D eigenvalue weighted by Crippen LogP contribution is 2.26. The molecule has 3 rings (SSSR count). The van der Waals surface area contributed by atoms with Crippen LogP contribution in [0.4, 0.5) is 5.13 Å². The molecule has 2 amide bonds. The number of carboxylic acid groups (broad SMARTS) is 1. The Kier molecular flexibility index (Phi) is 5.63. The molecule has 0 saturated heterocycles. The molecule has 10 heteroatoms. The van der Waals surface area contributed by atoms with E-state index in [2.05, 4.69) is 20.6 Å². The van der Waals surface area contributed by atoms with Crippen LogP contribution in [-0.2, 0) is 4.79 Å². The van der Waals surface area contributed by atoms with Crippen LogP contribution in [0.25, 0.3) is 10.2 Å². The van der Waals surface area contributed by atoms with Gasteiger partial charge in [0.15, 0.2) is 5.13 Å². The van der Waals surface area contributed by atoms with Crippen molar-refractivity contribution in [3.63, 3.8) is 0 Å². The Morgan fingerprint density at radius 3 is 2.70 bits per heavy atom. The molecule has 0 spiro atoms. The highest BCUT2D eigenvalue weighted by atomic mass is 35.5. The molecule has 0 radical (unpaired) electrons. The maximum atomic E-state index is 12.0. The molecular weight excluding hydrogens is 392 g/mol. The number of fused-ring (bicyclic) bond motifs is 1. The predicted octanol–water partition coefficient (Wildman–Crippen LogP) is 2.80. The number of halogens is 1. The summed E-state index contributed by atoms with van der Waals surface area (Å²) in [6.45, 7) is 0.130. The Morgan fingerprint density at radius 2 is 1.96 bits per heavy atom. The minimum Gasteiger partial charge on any atom is -0.478 e. The molecule has 0 aliphatic rings. The summed E-state index contributed by atoms with van der Waals surface area (Å²) in [6.07, 6.45) is 2.85. The van der Waals surface area contributed by atoms with Gasteiger partial charge in [0.05, 0.1) is 26.4 Å². The molecule has 0 saturated carbocycles. The zero-order valence-electron chi connectivity index (χ0n) is 13.7. The van der Waals surface area contributed by atoms with Gasteiger partial charge in [-0.3, -0.25) is 14.6 Å². The van der Waals surface area contributed by atoms with E-state index >= 15 is 0 Å². The molecule has 2 aromatic heterocycles. The first-order chi connectivity index (χ1) is 12.9. The van der Waals surface area contributed by atoms with Crippen LogP contribution in [-0.4, -0.2) is 39.4 Å². The summed E-state index contributed by atoms with van der Waals surface area (Å²) in [7, 11) is 0. The topological polar surface area (TPSA) is 121 Å². The number of carbonyl (C=O) groups excluding carboxylic acids is 2. The van der Waals surface area contributed by atoms with Gasteiger partial charge in [-0.25, -0.2) is 9.78 Å². The van der Waals surface area contributed by atoms with Crippen LogP contribution < -0.4 is 10.6 Å². The van der Waals surface area contributed by atoms with Crippen molar-refractivity contribution in [3.8, 4) is 0 Å². The number of aromatic carboxylic acids is 1. The normalized spacial score (nSPS) is 10.6. The van der Waals surface area contributed by atoms with Crippen molar-refractivity contribution in [2.24, 2.45) is 0 Å². The lowest BCUT2D eigenvalue weighted by molar-refractivity contribution is -0.116. The number of rotatable bonds is 6. The SMILES string of the molecule is O=C(CCNC(=O)c1cncc(Cl)c1)Nc1nc2ccc(C(=O)O)cc2s1. The van der Waals surface area contributed by atoms with E-state index < -0.39 is 5.97 Å². The van der Waals surface area contributed by atoms with Gasteiger partial charge < -0.3 is 15.7 Å². The van der Waals surface area contributed by atoms with E-state index in [1.807, 2.05) is 0 Å². The average molecular weight is 405 g/mol. The van der Waals surface area contributed by atoms with Crippen LogP contribution in [0.1, 0.15) is 27.1 Å². The zero-order valence-corrected chi connectivity index (χ0v) is 15.3. The fraction of sp³-hybridized carbons (Fsp3) is 0.118. The second kappa shape index (κ2) is 8.11. The third-order valence-corrected chi connectivity index (χ3v) is 4.63. The molecule has 2 heterocycles. The first-order valence-corrected chi connectivity index (χ1v) is 8.94. The van der Waals surface area contributed by atoms with Crippen LogP contribution in [0.2, 0.25) is 5.02 Å². The van der Waals surface area contributed by atoms with Crippen molar-refractivity contribution in [2.45, 2.75) is 6.42 Å². The van der Waals surface area contributed by atoms with Crippen molar-refractivity contribution < 1.29 is 19.5 Å². The van der Waals surface area contributed by atoms with E-state index in [0.717, 1.165) is 0 Å². The molecule has 0 atom stereocenters. The maximum Gasteiger partial charge on any atom is 0.335 e. The summed E-state index contributed by atoms with van der Waals surface area (Å²) in [4.78, 5) is 43.0. The molecule has 138 valence electrons. The van der Waals surface area contributed by atoms with E-state index in [9.17, 15) is 14.4 Å². The van der Waals surface area contributed by atoms with Gasteiger partial charge in [0.2, 0.25) is 5.91 Å². The van der Waals surface area contributed by atoms with Crippen molar-refractivity contribution in [3.05, 3.63) is 52.8 Å². The minimum atomic E-state index is -1.03. The number of pyridine rings is 1. The fourth-order valence-corrected chi connectivity index (χ4v) is 3.32. The molecule has 0 unspecified atom stereocenters. The van der Waals surface area contributed by atoms with Gasteiger partial charge in [-0.2, -0.15) is 0 Å². The first-order valence-electron chi connectivity index (χ1n) is 7.75. The van der Waals surface area contributed by atoms with E-state index in [1.54, 1.807) is 6.07 Å². The lowest BCUT2D eigenvalue weighted by Crippen LogP contribution is -2.27. The van der Waals surface area contributed by atoms with E-state index in [0.29, 0.717) is 25.9 Å². The summed E-state index contributed by atoms with van der Waals surface area (Å²) in [5.41, 5.74) is 1.06. The Bertz CT molecular complexity index is 1040. The smallest absolute Gasteiger partial charge is 0.335 e. The largest absolute Gasteiger partial charge is 0.478 e. The first kappa shape index (κ1) is 18.7. The lowest BCUT2D eigenvalue weighted by atomic mass is 10.2. The van der Waals surface area contributed by atoms with Crippen LogP contribution >= 0.6 is 22.9 Å². The average Bonchev–Trinajstić information content (AvgIpc) is 3.02. The molecular formula is C17H13ClN4O4S. The number of amides is 2. The summed E-state index contributed by atoms with van der Waals surface area (Å²) < 4.78 is 0.659. The quantitative estimate of drug-likeness (QED) is 0.580. The number of hydrogen-bond donors (Lipinski definition) is 3. The lowest BCUT2D eigenvalue weighted by Gasteiger charge is -2.05. The van der Waals surface area contributed by atoms with Gasteiger partial charge in [0.1, 0.15) is 0 Å². The molecule has 0 bridgehead atoms. The molecule has 0 aliphatic carbocycles. The summed E-state index contributed by atoms with van der Waals surface area (Å²) in [5, 5.41) is 15.0. The van der Waals surface area contributed by atoms with Crippen LogP contribution in [0.5, 0.6) is 0 Å². The standard InChI is InChI=1S/C17H13ClN4O4S/c18-11-5-10(7-19-8-11)15(24)20-4-3-14(23)22-17-21-12-2-1-9(16(25)26)6-13(12)27-17/h1-2,5-8H,3-4H2,(H,20,24)(H,25,26)(H,21,22,23). The number of nitrogens with one attached hydrogen (secondary N) is 2. The van der Waals surface area contributed by atoms with Crippen molar-refractivity contribution in [1.82, 2.24) is 15.3 Å². The fourth-order valence-electron chi connectivity index (χ4n) is 2.22. The number of aromatic nitrogens is 2. The summed E-state index contributed by atoms with van der Waals surface area (Å²) >= 11 is 6.96. The second-order valence-corrected chi connectivity index (χ2v) is 6.92. The number of benzene rings is 1. The number of carbonyl (C=O) groups is 3. The molecule has 8 nitrogen and oxygen atoms in total. The zero-order chi connectivity index (χ0) is 19.4. The van der Waals surface area contributed by atoms with E-state index in [1.165, 1.54) is 41.9 Å². The highest BCUT2D eigenvalue weighted by Gasteiger charge is 2.11. The van der Waals surface area contributed by atoms with Gasteiger partial charge in [0, 0.05) is 25.4 Å². The van der Waals surface area contributed by atoms with Crippen LogP contribution in [0.3, 0.4) is 0 Å². The van der Waals surface area contributed by atoms with Gasteiger partial charge in [-0.1, -0.05) is 22.9 Å². The minimum absolute atomic E-state index is 0.0516. The molecule has 3 aromatic rings. The van der Waals surface area contributed by atoms with Crippen molar-refractivity contribution in [2.75, 3.05) is 11.9 Å². The molecule has 0 aliphatic heterocycles. The Hall–Kier alpha value is -3.04. The van der Waals surface area contributed by atoms with Gasteiger partial charge in [-0.15, -0.1) is 0 Å². The monoisotopic (exact) mass is 404 g/mol. The third kappa shape index (κ3) is 4.78. The highest BCUT2D eigenvalue weighted by molar-refractivity contribution is 7.22. The van der Waals surface area contributed by atoms with Crippen LogP contribution in [0, 0.1) is 0 Å². The molecule has 1 aromatic carbocycles. The number of thiazole rings is 1. The summed E-state index contributed by atoms with van der Waals surface area (Å²) in [5.74, 6) is -1.72. The van der Waals surface area contributed by atoms with Gasteiger partial charge in [0.25, 0.3) is 5.91 Å². The maximum absolute atomic E-state index is 12.0. The number of nitrogens with zero attached hydrogens (tertiary/aromatic N) is 2. The molecule has 3 N–H and O–H groups in total. The summed E-state index contributed by atoms with van der Waals surface area (Å²) in [6, 6.07) is 6.03. The molecule has 27 heavy (non-hydrogen) atoms.